The van der Waals surface area contributed by atoms with Gasteiger partial charge in [-0.3, -0.25) is 9.59 Å². The first kappa shape index (κ1) is 13.8. The van der Waals surface area contributed by atoms with Gasteiger partial charge < -0.3 is 10.1 Å². The van der Waals surface area contributed by atoms with Crippen LogP contribution in [0.5, 0.6) is 0 Å². The molecule has 1 aromatic carbocycles. The number of amides is 1. The number of hydrogen-bond donors (Lipinski definition) is 1. The third-order valence-corrected chi connectivity index (χ3v) is 2.68. The number of esters is 1. The van der Waals surface area contributed by atoms with Gasteiger partial charge in [-0.05, 0) is 24.3 Å². The lowest BCUT2D eigenvalue weighted by Gasteiger charge is -2.07. The monoisotopic (exact) mass is 273 g/mol. The minimum atomic E-state index is -0.398. The van der Waals surface area contributed by atoms with Gasteiger partial charge in [0.1, 0.15) is 0 Å². The van der Waals surface area contributed by atoms with E-state index < -0.39 is 5.97 Å². The van der Waals surface area contributed by atoms with E-state index in [0.717, 1.165) is 5.69 Å². The van der Waals surface area contributed by atoms with Gasteiger partial charge >= 0.3 is 5.97 Å². The molecule has 6 heteroatoms. The summed E-state index contributed by atoms with van der Waals surface area (Å²) in [5, 5.41) is 6.86. The maximum atomic E-state index is 11.7. The molecule has 1 amide bonds. The van der Waals surface area contributed by atoms with Crippen molar-refractivity contribution in [2.75, 3.05) is 12.4 Å². The lowest BCUT2D eigenvalue weighted by molar-refractivity contribution is -0.141. The van der Waals surface area contributed by atoms with Crippen molar-refractivity contribution in [3.8, 4) is 5.69 Å². The quantitative estimate of drug-likeness (QED) is 0.842. The molecule has 20 heavy (non-hydrogen) atoms. The number of carbonyl (C=O) groups excluding carboxylic acids is 2. The molecule has 0 radical (unpaired) electrons. The minimum Gasteiger partial charge on any atom is -0.469 e. The summed E-state index contributed by atoms with van der Waals surface area (Å²) in [5.41, 5.74) is 1.51. The van der Waals surface area contributed by atoms with Crippen LogP contribution in [0.15, 0.2) is 42.7 Å². The number of nitrogens with one attached hydrogen (secondary N) is 1. The number of aromatic nitrogens is 2. The molecule has 0 saturated carbocycles. The molecular weight excluding hydrogens is 258 g/mol. The molecule has 0 aliphatic rings. The van der Waals surface area contributed by atoms with E-state index in [-0.39, 0.29) is 18.7 Å². The number of hydrogen-bond acceptors (Lipinski definition) is 4. The number of benzene rings is 1. The SMILES string of the molecule is COC(=O)CCC(=O)Nc1cccc(-n2cccn2)c1. The van der Waals surface area contributed by atoms with Gasteiger partial charge in [-0.2, -0.15) is 5.10 Å². The van der Waals surface area contributed by atoms with Crippen molar-refractivity contribution in [1.82, 2.24) is 9.78 Å². The van der Waals surface area contributed by atoms with Gasteiger partial charge in [0.05, 0.1) is 19.2 Å². The molecule has 0 aliphatic carbocycles. The highest BCUT2D eigenvalue weighted by molar-refractivity contribution is 5.92. The number of anilines is 1. The highest BCUT2D eigenvalue weighted by Crippen LogP contribution is 2.14. The van der Waals surface area contributed by atoms with Crippen molar-refractivity contribution < 1.29 is 14.3 Å². The van der Waals surface area contributed by atoms with Gasteiger partial charge in [-0.15, -0.1) is 0 Å². The van der Waals surface area contributed by atoms with Crippen LogP contribution in [0.1, 0.15) is 12.8 Å². The van der Waals surface area contributed by atoms with Gasteiger partial charge in [0.15, 0.2) is 0 Å². The van der Waals surface area contributed by atoms with Gasteiger partial charge in [0, 0.05) is 24.5 Å². The van der Waals surface area contributed by atoms with Crippen LogP contribution in [0.4, 0.5) is 5.69 Å². The highest BCUT2D eigenvalue weighted by Gasteiger charge is 2.07. The zero-order valence-corrected chi connectivity index (χ0v) is 11.1. The Balaban J connectivity index is 1.98. The third kappa shape index (κ3) is 3.68. The smallest absolute Gasteiger partial charge is 0.306 e. The summed E-state index contributed by atoms with van der Waals surface area (Å²) in [6.45, 7) is 0. The molecule has 104 valence electrons. The van der Waals surface area contributed by atoms with Crippen molar-refractivity contribution in [3.63, 3.8) is 0 Å². The predicted molar refractivity (Wildman–Crippen MR) is 73.4 cm³/mol. The standard InChI is InChI=1S/C14H15N3O3/c1-20-14(19)7-6-13(18)16-11-4-2-5-12(10-11)17-9-3-8-15-17/h2-5,8-10H,6-7H2,1H3,(H,16,18). The molecule has 1 N–H and O–H groups in total. The maximum Gasteiger partial charge on any atom is 0.306 e. The molecule has 0 spiro atoms. The number of nitrogens with zero attached hydrogens (tertiary/aromatic N) is 2. The van der Waals surface area contributed by atoms with Crippen LogP contribution in [0.2, 0.25) is 0 Å². The Morgan fingerprint density at radius 3 is 2.85 bits per heavy atom. The van der Waals surface area contributed by atoms with E-state index >= 15 is 0 Å². The van der Waals surface area contributed by atoms with E-state index in [9.17, 15) is 9.59 Å². The van der Waals surface area contributed by atoms with Gasteiger partial charge in [-0.25, -0.2) is 4.68 Å². The molecule has 6 nitrogen and oxygen atoms in total. The largest absolute Gasteiger partial charge is 0.469 e. The third-order valence-electron chi connectivity index (χ3n) is 2.68. The first-order valence-corrected chi connectivity index (χ1v) is 6.16. The average molecular weight is 273 g/mol. The molecule has 0 bridgehead atoms. The van der Waals surface area contributed by atoms with Gasteiger partial charge in [0.25, 0.3) is 0 Å². The predicted octanol–water partition coefficient (Wildman–Crippen LogP) is 1.76. The minimum absolute atomic E-state index is 0.0706. The molecule has 0 atom stereocenters. The molecule has 0 saturated heterocycles. The fourth-order valence-electron chi connectivity index (χ4n) is 1.69. The number of carbonyl (C=O) groups is 2. The lowest BCUT2D eigenvalue weighted by atomic mass is 10.2. The van der Waals surface area contributed by atoms with E-state index in [1.165, 1.54) is 7.11 Å². The number of rotatable bonds is 5. The second-order valence-electron chi connectivity index (χ2n) is 4.13. The van der Waals surface area contributed by atoms with E-state index in [2.05, 4.69) is 15.2 Å². The normalized spacial score (nSPS) is 10.1. The van der Waals surface area contributed by atoms with Gasteiger partial charge in [0.2, 0.25) is 5.91 Å². The highest BCUT2D eigenvalue weighted by atomic mass is 16.5. The van der Waals surface area contributed by atoms with Crippen LogP contribution < -0.4 is 5.32 Å². The molecule has 0 fully saturated rings. The summed E-state index contributed by atoms with van der Waals surface area (Å²) in [6, 6.07) is 9.12. The summed E-state index contributed by atoms with van der Waals surface area (Å²) in [6.07, 6.45) is 3.67. The summed E-state index contributed by atoms with van der Waals surface area (Å²) in [5.74, 6) is -0.626. The van der Waals surface area contributed by atoms with Crippen LogP contribution >= 0.6 is 0 Å². The molecule has 0 aliphatic heterocycles. The van der Waals surface area contributed by atoms with Crippen LogP contribution in [-0.2, 0) is 14.3 Å². The fourth-order valence-corrected chi connectivity index (χ4v) is 1.69. The van der Waals surface area contributed by atoms with Crippen LogP contribution in [0.3, 0.4) is 0 Å². The topological polar surface area (TPSA) is 73.2 Å². The molecule has 1 aromatic heterocycles. The Bertz CT molecular complexity index is 593. The maximum absolute atomic E-state index is 11.7. The first-order chi connectivity index (χ1) is 9.69. The Labute approximate surface area is 116 Å². The fraction of sp³-hybridized carbons (Fsp3) is 0.214. The van der Waals surface area contributed by atoms with E-state index in [1.807, 2.05) is 30.5 Å². The Hall–Kier alpha value is -2.63. The second kappa shape index (κ2) is 6.51. The second-order valence-corrected chi connectivity index (χ2v) is 4.13. The van der Waals surface area contributed by atoms with Crippen molar-refractivity contribution in [2.24, 2.45) is 0 Å². The molecule has 2 rings (SSSR count). The van der Waals surface area contributed by atoms with Crippen molar-refractivity contribution >= 4 is 17.6 Å². The summed E-state index contributed by atoms with van der Waals surface area (Å²) >= 11 is 0. The Kier molecular flexibility index (Phi) is 4.49. The number of methoxy groups -OCH3 is 1. The molecule has 0 unspecified atom stereocenters. The van der Waals surface area contributed by atoms with Gasteiger partial charge in [-0.1, -0.05) is 6.07 Å². The lowest BCUT2D eigenvalue weighted by Crippen LogP contribution is -2.14. The molecular formula is C14H15N3O3. The summed E-state index contributed by atoms with van der Waals surface area (Å²) in [4.78, 5) is 22.7. The number of ether oxygens (including phenoxy) is 1. The van der Waals surface area contributed by atoms with Crippen LogP contribution in [0, 0.1) is 0 Å². The van der Waals surface area contributed by atoms with E-state index in [1.54, 1.807) is 16.9 Å². The van der Waals surface area contributed by atoms with E-state index in [4.69, 9.17) is 0 Å². The van der Waals surface area contributed by atoms with Crippen LogP contribution in [0.25, 0.3) is 5.69 Å². The van der Waals surface area contributed by atoms with E-state index in [0.29, 0.717) is 5.69 Å². The van der Waals surface area contributed by atoms with Crippen molar-refractivity contribution in [3.05, 3.63) is 42.7 Å². The average Bonchev–Trinajstić information content (AvgIpc) is 2.99. The molecule has 1 heterocycles. The Morgan fingerprint density at radius 1 is 1.30 bits per heavy atom. The summed E-state index contributed by atoms with van der Waals surface area (Å²) in [7, 11) is 1.30. The first-order valence-electron chi connectivity index (χ1n) is 6.16. The van der Waals surface area contributed by atoms with Crippen molar-refractivity contribution in [2.45, 2.75) is 12.8 Å². The van der Waals surface area contributed by atoms with Crippen LogP contribution in [-0.4, -0.2) is 28.8 Å². The zero-order chi connectivity index (χ0) is 14.4. The van der Waals surface area contributed by atoms with Crippen molar-refractivity contribution in [1.29, 1.82) is 0 Å². The summed E-state index contributed by atoms with van der Waals surface area (Å²) < 4.78 is 6.19. The molecule has 2 aromatic rings. The zero-order valence-electron chi connectivity index (χ0n) is 11.1. The Morgan fingerprint density at radius 2 is 2.15 bits per heavy atom.